The molecule has 0 saturated carbocycles. The second-order valence-electron chi connectivity index (χ2n) is 7.01. The average Bonchev–Trinajstić information content (AvgIpc) is 2.74. The number of benzene rings is 2. The van der Waals surface area contributed by atoms with Crippen molar-refractivity contribution in [1.29, 1.82) is 0 Å². The third kappa shape index (κ3) is 5.17. The molecule has 1 saturated heterocycles. The van der Waals surface area contributed by atoms with Crippen LogP contribution in [-0.2, 0) is 6.18 Å². The Labute approximate surface area is 172 Å². The van der Waals surface area contributed by atoms with Gasteiger partial charge in [-0.2, -0.15) is 13.2 Å². The van der Waals surface area contributed by atoms with Gasteiger partial charge >= 0.3 is 6.18 Å². The van der Waals surface area contributed by atoms with E-state index in [1.54, 1.807) is 18.2 Å². The molecule has 30 heavy (non-hydrogen) atoms. The lowest BCUT2D eigenvalue weighted by atomic mass is 10.1. The minimum atomic E-state index is -4.56. The van der Waals surface area contributed by atoms with E-state index >= 15 is 0 Å². The molecule has 1 heterocycles. The number of carbonyl (C=O) groups is 2. The van der Waals surface area contributed by atoms with Crippen molar-refractivity contribution in [2.45, 2.75) is 6.18 Å². The van der Waals surface area contributed by atoms with Gasteiger partial charge in [0.25, 0.3) is 11.8 Å². The summed E-state index contributed by atoms with van der Waals surface area (Å²) in [6, 6.07) is 10.6. The first-order valence-corrected chi connectivity index (χ1v) is 9.58. The maximum absolute atomic E-state index is 13.2. The summed E-state index contributed by atoms with van der Waals surface area (Å²) in [5.74, 6) is -1.33. The Hall–Kier alpha value is -2.91. The smallest absolute Gasteiger partial charge is 0.366 e. The molecule has 2 aromatic carbocycles. The quantitative estimate of drug-likeness (QED) is 0.752. The number of amides is 2. The lowest BCUT2D eigenvalue weighted by Gasteiger charge is -2.31. The zero-order valence-electron chi connectivity index (χ0n) is 16.3. The summed E-state index contributed by atoms with van der Waals surface area (Å²) in [6.45, 7) is 3.95. The molecule has 0 spiro atoms. The van der Waals surface area contributed by atoms with Crippen LogP contribution < -0.4 is 16.0 Å². The Morgan fingerprint density at radius 1 is 1.07 bits per heavy atom. The van der Waals surface area contributed by atoms with E-state index in [-0.39, 0.29) is 23.4 Å². The van der Waals surface area contributed by atoms with E-state index in [1.165, 1.54) is 23.1 Å². The van der Waals surface area contributed by atoms with E-state index in [0.29, 0.717) is 6.54 Å². The number of nitrogens with two attached hydrogens (primary N) is 1. The van der Waals surface area contributed by atoms with E-state index in [0.717, 1.165) is 38.3 Å². The lowest BCUT2D eigenvalue weighted by molar-refractivity contribution is -0.137. The van der Waals surface area contributed by atoms with Crippen LogP contribution in [0.2, 0.25) is 0 Å². The maximum atomic E-state index is 13.2. The van der Waals surface area contributed by atoms with Gasteiger partial charge in [0.05, 0.1) is 16.8 Å². The van der Waals surface area contributed by atoms with Crippen LogP contribution in [0.25, 0.3) is 0 Å². The van der Waals surface area contributed by atoms with E-state index < -0.39 is 23.6 Å². The standard InChI is InChI=1S/C21H23F3N4O2/c22-21(23,24)16-5-3-4-15(14-16)20(30)28(13-12-27-10-8-26-9-11-27)18-7-2-1-6-17(18)19(25)29/h1-7,14,26H,8-13H2,(H2,25,29). The minimum Gasteiger partial charge on any atom is -0.366 e. The Bertz CT molecular complexity index is 911. The summed E-state index contributed by atoms with van der Waals surface area (Å²) in [7, 11) is 0. The third-order valence-electron chi connectivity index (χ3n) is 4.99. The number of halogens is 3. The topological polar surface area (TPSA) is 78.7 Å². The van der Waals surface area contributed by atoms with Crippen molar-refractivity contribution in [3.05, 3.63) is 65.2 Å². The fourth-order valence-corrected chi connectivity index (χ4v) is 3.41. The Morgan fingerprint density at radius 2 is 1.77 bits per heavy atom. The van der Waals surface area contributed by atoms with E-state index in [9.17, 15) is 22.8 Å². The molecule has 2 amide bonds. The third-order valence-corrected chi connectivity index (χ3v) is 4.99. The highest BCUT2D eigenvalue weighted by Gasteiger charge is 2.32. The number of primary amides is 1. The van der Waals surface area contributed by atoms with Crippen LogP contribution >= 0.6 is 0 Å². The molecule has 0 bridgehead atoms. The van der Waals surface area contributed by atoms with Gasteiger partial charge in [0.1, 0.15) is 0 Å². The molecule has 0 radical (unpaired) electrons. The van der Waals surface area contributed by atoms with E-state index in [4.69, 9.17) is 5.73 Å². The van der Waals surface area contributed by atoms with Crippen LogP contribution in [-0.4, -0.2) is 56.0 Å². The molecule has 6 nitrogen and oxygen atoms in total. The molecule has 1 fully saturated rings. The van der Waals surface area contributed by atoms with Crippen LogP contribution in [0.4, 0.5) is 18.9 Å². The van der Waals surface area contributed by atoms with Crippen molar-refractivity contribution in [3.63, 3.8) is 0 Å². The van der Waals surface area contributed by atoms with Gasteiger partial charge in [-0.25, -0.2) is 0 Å². The number of alkyl halides is 3. The summed E-state index contributed by atoms with van der Waals surface area (Å²) in [5, 5.41) is 3.24. The van der Waals surface area contributed by atoms with Crippen molar-refractivity contribution in [1.82, 2.24) is 10.2 Å². The lowest BCUT2D eigenvalue weighted by Crippen LogP contribution is -2.47. The molecule has 3 rings (SSSR count). The largest absolute Gasteiger partial charge is 0.416 e. The molecule has 0 aromatic heterocycles. The monoisotopic (exact) mass is 420 g/mol. The molecule has 1 aliphatic rings. The first kappa shape index (κ1) is 21.8. The van der Waals surface area contributed by atoms with Gasteiger partial charge in [-0.3, -0.25) is 14.5 Å². The number of rotatable bonds is 6. The van der Waals surface area contributed by atoms with Gasteiger partial charge in [0.2, 0.25) is 0 Å². The van der Waals surface area contributed by atoms with Crippen molar-refractivity contribution in [3.8, 4) is 0 Å². The summed E-state index contributed by atoms with van der Waals surface area (Å²) in [5.41, 5.74) is 4.87. The fraction of sp³-hybridized carbons (Fsp3) is 0.333. The number of hydrogen-bond donors (Lipinski definition) is 2. The SMILES string of the molecule is NC(=O)c1ccccc1N(CCN1CCNCC1)C(=O)c1cccc(C(F)(F)F)c1. The molecular weight excluding hydrogens is 397 g/mol. The second kappa shape index (κ2) is 9.27. The Balaban J connectivity index is 1.94. The molecule has 0 unspecified atom stereocenters. The molecule has 160 valence electrons. The molecular formula is C21H23F3N4O2. The number of nitrogens with zero attached hydrogens (tertiary/aromatic N) is 2. The summed E-state index contributed by atoms with van der Waals surface area (Å²) in [6.07, 6.45) is -4.56. The number of para-hydroxylation sites is 1. The predicted molar refractivity (Wildman–Crippen MR) is 107 cm³/mol. The van der Waals surface area contributed by atoms with Gasteiger partial charge in [-0.05, 0) is 30.3 Å². The first-order valence-electron chi connectivity index (χ1n) is 9.58. The fourth-order valence-electron chi connectivity index (χ4n) is 3.41. The molecule has 0 aliphatic carbocycles. The normalized spacial score (nSPS) is 15.0. The Kier molecular flexibility index (Phi) is 6.73. The van der Waals surface area contributed by atoms with Crippen LogP contribution in [0.15, 0.2) is 48.5 Å². The highest BCUT2D eigenvalue weighted by molar-refractivity contribution is 6.10. The average molecular weight is 420 g/mol. The van der Waals surface area contributed by atoms with Crippen molar-refractivity contribution in [2.24, 2.45) is 5.73 Å². The zero-order valence-corrected chi connectivity index (χ0v) is 16.3. The number of hydrogen-bond acceptors (Lipinski definition) is 4. The van der Waals surface area contributed by atoms with E-state index in [1.807, 2.05) is 0 Å². The van der Waals surface area contributed by atoms with Gasteiger partial charge in [-0.15, -0.1) is 0 Å². The number of carbonyl (C=O) groups excluding carboxylic acids is 2. The molecule has 3 N–H and O–H groups in total. The van der Waals surface area contributed by atoms with Crippen molar-refractivity contribution >= 4 is 17.5 Å². The van der Waals surface area contributed by atoms with Gasteiger partial charge in [0.15, 0.2) is 0 Å². The summed E-state index contributed by atoms with van der Waals surface area (Å²) < 4.78 is 39.4. The van der Waals surface area contributed by atoms with Crippen LogP contribution in [0, 0.1) is 0 Å². The Morgan fingerprint density at radius 3 is 2.43 bits per heavy atom. The van der Waals surface area contributed by atoms with Gasteiger partial charge in [0, 0.05) is 44.8 Å². The predicted octanol–water partition coefficient (Wildman–Crippen LogP) is 2.36. The molecule has 1 aliphatic heterocycles. The number of piperazine rings is 1. The van der Waals surface area contributed by atoms with Crippen LogP contribution in [0.3, 0.4) is 0 Å². The van der Waals surface area contributed by atoms with Crippen molar-refractivity contribution in [2.75, 3.05) is 44.2 Å². The van der Waals surface area contributed by atoms with Crippen LogP contribution in [0.1, 0.15) is 26.3 Å². The summed E-state index contributed by atoms with van der Waals surface area (Å²) >= 11 is 0. The van der Waals surface area contributed by atoms with Gasteiger partial charge in [-0.1, -0.05) is 18.2 Å². The molecule has 9 heteroatoms. The minimum absolute atomic E-state index is 0.107. The maximum Gasteiger partial charge on any atom is 0.416 e. The molecule has 2 aromatic rings. The zero-order chi connectivity index (χ0) is 21.7. The first-order chi connectivity index (χ1) is 14.3. The highest BCUT2D eigenvalue weighted by Crippen LogP contribution is 2.30. The van der Waals surface area contributed by atoms with Gasteiger partial charge < -0.3 is 16.0 Å². The summed E-state index contributed by atoms with van der Waals surface area (Å²) in [4.78, 5) is 28.6. The second-order valence-corrected chi connectivity index (χ2v) is 7.01. The molecule has 0 atom stereocenters. The number of nitrogens with one attached hydrogen (secondary N) is 1. The van der Waals surface area contributed by atoms with E-state index in [2.05, 4.69) is 10.2 Å². The number of anilines is 1. The van der Waals surface area contributed by atoms with Crippen LogP contribution in [0.5, 0.6) is 0 Å². The van der Waals surface area contributed by atoms with Crippen molar-refractivity contribution < 1.29 is 22.8 Å². The highest BCUT2D eigenvalue weighted by atomic mass is 19.4.